The van der Waals surface area contributed by atoms with Crippen molar-refractivity contribution in [3.05, 3.63) is 41.4 Å². The second-order valence-corrected chi connectivity index (χ2v) is 4.89. The van der Waals surface area contributed by atoms with E-state index in [1.165, 1.54) is 0 Å². The first-order valence-electron chi connectivity index (χ1n) is 6.19. The third kappa shape index (κ3) is 3.79. The van der Waals surface area contributed by atoms with Crippen molar-refractivity contribution in [2.75, 3.05) is 11.9 Å². The molecule has 0 fully saturated rings. The minimum Gasteiger partial charge on any atom is -0.325 e. The lowest BCUT2D eigenvalue weighted by Crippen LogP contribution is -2.31. The molecule has 0 spiro atoms. The standard InChI is InChI=1S/C13H16ClN5O/c1-9(13-18-16-8-19(13)2)15-7-12(20)17-11-5-3-10(14)4-6-11/h3-6,8-9,15H,7H2,1-2H3,(H,17,20). The molecule has 1 amide bonds. The van der Waals surface area contributed by atoms with Crippen LogP contribution in [0.5, 0.6) is 0 Å². The Labute approximate surface area is 122 Å². The second-order valence-electron chi connectivity index (χ2n) is 4.46. The predicted molar refractivity (Wildman–Crippen MR) is 77.5 cm³/mol. The lowest BCUT2D eigenvalue weighted by molar-refractivity contribution is -0.115. The number of hydrogen-bond donors (Lipinski definition) is 2. The zero-order chi connectivity index (χ0) is 14.5. The summed E-state index contributed by atoms with van der Waals surface area (Å²) in [6, 6.07) is 6.91. The maximum Gasteiger partial charge on any atom is 0.238 e. The molecular weight excluding hydrogens is 278 g/mol. The molecular formula is C13H16ClN5O. The smallest absolute Gasteiger partial charge is 0.238 e. The third-order valence-electron chi connectivity index (χ3n) is 2.83. The summed E-state index contributed by atoms with van der Waals surface area (Å²) >= 11 is 5.78. The third-order valence-corrected chi connectivity index (χ3v) is 3.08. The van der Waals surface area contributed by atoms with Crippen LogP contribution in [0.25, 0.3) is 0 Å². The Bertz CT molecular complexity index is 581. The highest BCUT2D eigenvalue weighted by Gasteiger charge is 2.12. The Hall–Kier alpha value is -1.92. The Morgan fingerprint density at radius 2 is 2.10 bits per heavy atom. The number of amides is 1. The lowest BCUT2D eigenvalue weighted by Gasteiger charge is -2.12. The first-order chi connectivity index (χ1) is 9.56. The summed E-state index contributed by atoms with van der Waals surface area (Å²) in [6.07, 6.45) is 1.63. The first kappa shape index (κ1) is 14.5. The van der Waals surface area contributed by atoms with E-state index in [4.69, 9.17) is 11.6 Å². The molecule has 106 valence electrons. The van der Waals surface area contributed by atoms with Crippen molar-refractivity contribution in [2.24, 2.45) is 7.05 Å². The van der Waals surface area contributed by atoms with Crippen molar-refractivity contribution in [2.45, 2.75) is 13.0 Å². The van der Waals surface area contributed by atoms with Gasteiger partial charge in [0.25, 0.3) is 0 Å². The van der Waals surface area contributed by atoms with Crippen LogP contribution >= 0.6 is 11.6 Å². The summed E-state index contributed by atoms with van der Waals surface area (Å²) in [7, 11) is 1.86. The van der Waals surface area contributed by atoms with Gasteiger partial charge in [-0.1, -0.05) is 11.6 Å². The van der Waals surface area contributed by atoms with Crippen LogP contribution in [0.3, 0.4) is 0 Å². The highest BCUT2D eigenvalue weighted by Crippen LogP contribution is 2.13. The van der Waals surface area contributed by atoms with Crippen LogP contribution in [0.2, 0.25) is 5.02 Å². The summed E-state index contributed by atoms with van der Waals surface area (Å²) in [5.74, 6) is 0.658. The summed E-state index contributed by atoms with van der Waals surface area (Å²) in [4.78, 5) is 11.8. The van der Waals surface area contributed by atoms with Crippen LogP contribution in [-0.2, 0) is 11.8 Å². The molecule has 1 unspecified atom stereocenters. The van der Waals surface area contributed by atoms with Gasteiger partial charge in [0.1, 0.15) is 12.2 Å². The number of nitrogens with zero attached hydrogens (tertiary/aromatic N) is 3. The predicted octanol–water partition coefficient (Wildman–Crippen LogP) is 1.76. The summed E-state index contributed by atoms with van der Waals surface area (Å²) in [6.45, 7) is 2.12. The number of carbonyl (C=O) groups is 1. The molecule has 20 heavy (non-hydrogen) atoms. The molecule has 1 aromatic carbocycles. The number of benzene rings is 1. The van der Waals surface area contributed by atoms with Crippen LogP contribution in [0.4, 0.5) is 5.69 Å². The normalized spacial score (nSPS) is 12.2. The van der Waals surface area contributed by atoms with Gasteiger partial charge in [-0.25, -0.2) is 0 Å². The maximum absolute atomic E-state index is 11.8. The molecule has 0 aliphatic heterocycles. The maximum atomic E-state index is 11.8. The van der Waals surface area contributed by atoms with Crippen LogP contribution in [0.15, 0.2) is 30.6 Å². The van der Waals surface area contributed by atoms with Gasteiger partial charge in [0.2, 0.25) is 5.91 Å². The molecule has 0 aliphatic rings. The molecule has 0 saturated heterocycles. The molecule has 1 atom stereocenters. The van der Waals surface area contributed by atoms with Gasteiger partial charge in [0.15, 0.2) is 0 Å². The first-order valence-corrected chi connectivity index (χ1v) is 6.57. The largest absolute Gasteiger partial charge is 0.325 e. The average molecular weight is 294 g/mol. The van der Waals surface area contributed by atoms with Gasteiger partial charge in [0, 0.05) is 17.8 Å². The van der Waals surface area contributed by atoms with Crippen LogP contribution in [0, 0.1) is 0 Å². The molecule has 2 rings (SSSR count). The Kier molecular flexibility index (Phi) is 4.70. The molecule has 2 N–H and O–H groups in total. The monoisotopic (exact) mass is 293 g/mol. The number of hydrogen-bond acceptors (Lipinski definition) is 4. The van der Waals surface area contributed by atoms with Crippen molar-refractivity contribution < 1.29 is 4.79 Å². The van der Waals surface area contributed by atoms with Gasteiger partial charge >= 0.3 is 0 Å². The summed E-state index contributed by atoms with van der Waals surface area (Å²) in [5, 5.41) is 14.3. The van der Waals surface area contributed by atoms with E-state index in [-0.39, 0.29) is 18.5 Å². The van der Waals surface area contributed by atoms with E-state index in [1.807, 2.05) is 18.5 Å². The van der Waals surface area contributed by atoms with E-state index in [9.17, 15) is 4.79 Å². The van der Waals surface area contributed by atoms with Crippen molar-refractivity contribution >= 4 is 23.2 Å². The zero-order valence-electron chi connectivity index (χ0n) is 11.3. The minimum absolute atomic E-state index is 0.0570. The quantitative estimate of drug-likeness (QED) is 0.881. The number of halogens is 1. The highest BCUT2D eigenvalue weighted by atomic mass is 35.5. The van der Waals surface area contributed by atoms with Gasteiger partial charge in [-0.05, 0) is 31.2 Å². The number of rotatable bonds is 5. The van der Waals surface area contributed by atoms with E-state index >= 15 is 0 Å². The molecule has 0 saturated carbocycles. The van der Waals surface area contributed by atoms with E-state index < -0.39 is 0 Å². The van der Waals surface area contributed by atoms with Crippen molar-refractivity contribution in [3.8, 4) is 0 Å². The topological polar surface area (TPSA) is 71.8 Å². The highest BCUT2D eigenvalue weighted by molar-refractivity contribution is 6.30. The molecule has 7 heteroatoms. The Morgan fingerprint density at radius 3 is 2.70 bits per heavy atom. The van der Waals surface area contributed by atoms with Gasteiger partial charge in [-0.3, -0.25) is 10.1 Å². The van der Waals surface area contributed by atoms with Gasteiger partial charge < -0.3 is 9.88 Å². The van der Waals surface area contributed by atoms with Gasteiger partial charge in [-0.2, -0.15) is 0 Å². The van der Waals surface area contributed by atoms with E-state index in [0.29, 0.717) is 10.7 Å². The number of anilines is 1. The fourth-order valence-electron chi connectivity index (χ4n) is 1.76. The number of carbonyl (C=O) groups excluding carboxylic acids is 1. The van der Waals surface area contributed by atoms with Crippen molar-refractivity contribution in [3.63, 3.8) is 0 Å². The minimum atomic E-state index is -0.124. The van der Waals surface area contributed by atoms with Gasteiger partial charge in [0.05, 0.1) is 12.6 Å². The van der Waals surface area contributed by atoms with Crippen LogP contribution in [-0.4, -0.2) is 27.2 Å². The van der Waals surface area contributed by atoms with Crippen LogP contribution in [0.1, 0.15) is 18.8 Å². The van der Waals surface area contributed by atoms with Crippen molar-refractivity contribution in [1.29, 1.82) is 0 Å². The Balaban J connectivity index is 1.83. The van der Waals surface area contributed by atoms with Crippen LogP contribution < -0.4 is 10.6 Å². The number of aryl methyl sites for hydroxylation is 1. The van der Waals surface area contributed by atoms with E-state index in [0.717, 1.165) is 5.82 Å². The number of nitrogens with one attached hydrogen (secondary N) is 2. The molecule has 0 aliphatic carbocycles. The number of aromatic nitrogens is 3. The van der Waals surface area contributed by atoms with E-state index in [1.54, 1.807) is 30.6 Å². The summed E-state index contributed by atoms with van der Waals surface area (Å²) in [5.41, 5.74) is 0.715. The Morgan fingerprint density at radius 1 is 1.40 bits per heavy atom. The van der Waals surface area contributed by atoms with Gasteiger partial charge in [-0.15, -0.1) is 10.2 Å². The lowest BCUT2D eigenvalue weighted by atomic mass is 10.3. The summed E-state index contributed by atoms with van der Waals surface area (Å²) < 4.78 is 1.81. The molecule has 6 nitrogen and oxygen atoms in total. The zero-order valence-corrected chi connectivity index (χ0v) is 12.1. The van der Waals surface area contributed by atoms with Crippen molar-refractivity contribution in [1.82, 2.24) is 20.1 Å². The second kappa shape index (κ2) is 6.49. The molecule has 0 bridgehead atoms. The molecule has 1 heterocycles. The SMILES string of the molecule is CC(NCC(=O)Nc1ccc(Cl)cc1)c1nncn1C. The fourth-order valence-corrected chi connectivity index (χ4v) is 1.89. The average Bonchev–Trinajstić information content (AvgIpc) is 2.85. The van der Waals surface area contributed by atoms with E-state index in [2.05, 4.69) is 20.8 Å². The fraction of sp³-hybridized carbons (Fsp3) is 0.308. The molecule has 2 aromatic rings. The molecule has 0 radical (unpaired) electrons. The molecule has 1 aromatic heterocycles.